The summed E-state index contributed by atoms with van der Waals surface area (Å²) >= 11 is 0. The predicted molar refractivity (Wildman–Crippen MR) is 75.1 cm³/mol. The van der Waals surface area contributed by atoms with Crippen LogP contribution in [0.4, 0.5) is 4.39 Å². The van der Waals surface area contributed by atoms with Gasteiger partial charge in [-0.15, -0.1) is 0 Å². The van der Waals surface area contributed by atoms with E-state index in [1.54, 1.807) is 13.2 Å². The Hall–Kier alpha value is -1.46. The Bertz CT molecular complexity index is 476. The van der Waals surface area contributed by atoms with Crippen LogP contribution >= 0.6 is 0 Å². The maximum Gasteiger partial charge on any atom is 0.315 e. The average Bonchev–Trinajstić information content (AvgIpc) is 2.39. The molecule has 0 radical (unpaired) electrons. The van der Waals surface area contributed by atoms with Crippen LogP contribution < -0.4 is 5.73 Å². The highest BCUT2D eigenvalue weighted by atomic mass is 19.1. The molecule has 4 nitrogen and oxygen atoms in total. The van der Waals surface area contributed by atoms with Crippen LogP contribution in [-0.2, 0) is 14.9 Å². The fourth-order valence-electron chi connectivity index (χ4n) is 2.08. The summed E-state index contributed by atoms with van der Waals surface area (Å²) in [4.78, 5) is 11.7. The number of carboxylic acids is 1. The fraction of sp³-hybridized carbons (Fsp3) is 0.533. The Morgan fingerprint density at radius 3 is 2.50 bits per heavy atom. The van der Waals surface area contributed by atoms with Crippen LogP contribution in [0, 0.1) is 5.82 Å². The van der Waals surface area contributed by atoms with Gasteiger partial charge in [0.1, 0.15) is 11.2 Å². The highest BCUT2D eigenvalue weighted by Crippen LogP contribution is 2.32. The zero-order valence-electron chi connectivity index (χ0n) is 12.1. The van der Waals surface area contributed by atoms with Crippen LogP contribution in [0.5, 0.6) is 0 Å². The Balaban J connectivity index is 3.13. The minimum atomic E-state index is -1.29. The Kier molecular flexibility index (Phi) is 5.25. The van der Waals surface area contributed by atoms with Crippen molar-refractivity contribution < 1.29 is 19.0 Å². The van der Waals surface area contributed by atoms with Crippen LogP contribution in [0.15, 0.2) is 24.3 Å². The second kappa shape index (κ2) is 6.33. The smallest absolute Gasteiger partial charge is 0.315 e. The number of carbonyl (C=O) groups is 1. The molecule has 112 valence electrons. The van der Waals surface area contributed by atoms with Crippen molar-refractivity contribution in [2.45, 2.75) is 37.7 Å². The second-order valence-corrected chi connectivity index (χ2v) is 5.57. The third kappa shape index (κ3) is 3.55. The second-order valence-electron chi connectivity index (χ2n) is 5.57. The van der Waals surface area contributed by atoms with E-state index in [4.69, 9.17) is 10.5 Å². The molecule has 0 heterocycles. The summed E-state index contributed by atoms with van der Waals surface area (Å²) in [7, 11) is 1.58. The highest BCUT2D eigenvalue weighted by molar-refractivity contribution is 5.81. The topological polar surface area (TPSA) is 72.5 Å². The number of halogens is 1. The predicted octanol–water partition coefficient (Wildman–Crippen LogP) is 2.31. The molecule has 0 aliphatic heterocycles. The summed E-state index contributed by atoms with van der Waals surface area (Å²) in [6, 6.07) is 5.62. The minimum Gasteiger partial charge on any atom is -0.481 e. The SMILES string of the molecule is COC(C)(C)CCC(CN)(C(=O)O)c1cccc(F)c1. The first-order valence-corrected chi connectivity index (χ1v) is 6.52. The molecule has 20 heavy (non-hydrogen) atoms. The van der Waals surface area contributed by atoms with Crippen LogP contribution in [0.1, 0.15) is 32.3 Å². The highest BCUT2D eigenvalue weighted by Gasteiger charge is 2.40. The first kappa shape index (κ1) is 16.6. The van der Waals surface area contributed by atoms with Crippen molar-refractivity contribution in [1.29, 1.82) is 0 Å². The van der Waals surface area contributed by atoms with Gasteiger partial charge in [0.05, 0.1) is 5.60 Å². The van der Waals surface area contributed by atoms with E-state index >= 15 is 0 Å². The molecule has 1 aromatic rings. The van der Waals surface area contributed by atoms with Gasteiger partial charge in [0.15, 0.2) is 0 Å². The molecule has 0 saturated carbocycles. The third-order valence-electron chi connectivity index (χ3n) is 3.84. The molecule has 1 atom stereocenters. The van der Waals surface area contributed by atoms with Crippen LogP contribution in [0.2, 0.25) is 0 Å². The Morgan fingerprint density at radius 1 is 1.40 bits per heavy atom. The first-order chi connectivity index (χ1) is 9.27. The zero-order valence-corrected chi connectivity index (χ0v) is 12.1. The van der Waals surface area contributed by atoms with Gasteiger partial charge in [-0.2, -0.15) is 0 Å². The number of rotatable bonds is 7. The largest absolute Gasteiger partial charge is 0.481 e. The summed E-state index contributed by atoms with van der Waals surface area (Å²) in [5.74, 6) is -1.51. The number of hydrogen-bond donors (Lipinski definition) is 2. The van der Waals surface area contributed by atoms with Gasteiger partial charge in [-0.25, -0.2) is 4.39 Å². The lowest BCUT2D eigenvalue weighted by Gasteiger charge is -2.32. The van der Waals surface area contributed by atoms with Crippen molar-refractivity contribution in [3.05, 3.63) is 35.6 Å². The number of aliphatic carboxylic acids is 1. The number of ether oxygens (including phenoxy) is 1. The van der Waals surface area contributed by atoms with Gasteiger partial charge in [-0.05, 0) is 44.4 Å². The molecule has 1 aromatic carbocycles. The monoisotopic (exact) mass is 283 g/mol. The third-order valence-corrected chi connectivity index (χ3v) is 3.84. The molecule has 1 unspecified atom stereocenters. The number of carboxylic acid groups (broad SMARTS) is 1. The van der Waals surface area contributed by atoms with Gasteiger partial charge in [0, 0.05) is 13.7 Å². The molecular weight excluding hydrogens is 261 g/mol. The molecule has 0 aliphatic rings. The standard InChI is InChI=1S/C15H22FNO3/c1-14(2,20-3)7-8-15(10-17,13(18)19)11-5-4-6-12(16)9-11/h4-6,9H,7-8,10,17H2,1-3H3,(H,18,19). The number of methoxy groups -OCH3 is 1. The van der Waals surface area contributed by atoms with E-state index in [0.717, 1.165) is 0 Å². The number of hydrogen-bond acceptors (Lipinski definition) is 3. The van der Waals surface area contributed by atoms with E-state index in [0.29, 0.717) is 12.0 Å². The van der Waals surface area contributed by atoms with Crippen LogP contribution in [0.3, 0.4) is 0 Å². The molecule has 0 saturated heterocycles. The minimum absolute atomic E-state index is 0.0917. The van der Waals surface area contributed by atoms with Gasteiger partial charge in [-0.3, -0.25) is 4.79 Å². The van der Waals surface area contributed by atoms with Gasteiger partial charge >= 0.3 is 5.97 Å². The van der Waals surface area contributed by atoms with Crippen molar-refractivity contribution in [3.8, 4) is 0 Å². The van der Waals surface area contributed by atoms with Crippen molar-refractivity contribution >= 4 is 5.97 Å². The molecule has 1 rings (SSSR count). The van der Waals surface area contributed by atoms with Crippen molar-refractivity contribution in [3.63, 3.8) is 0 Å². The molecule has 0 fully saturated rings. The van der Waals surface area contributed by atoms with Gasteiger partial charge in [0.25, 0.3) is 0 Å². The Labute approximate surface area is 118 Å². The van der Waals surface area contributed by atoms with Gasteiger partial charge in [0.2, 0.25) is 0 Å². The molecule has 0 bridgehead atoms. The first-order valence-electron chi connectivity index (χ1n) is 6.52. The Morgan fingerprint density at radius 2 is 2.05 bits per heavy atom. The van der Waals surface area contributed by atoms with E-state index in [1.165, 1.54) is 18.2 Å². The molecule has 0 amide bonds. The van der Waals surface area contributed by atoms with Gasteiger partial charge < -0.3 is 15.6 Å². The molecule has 5 heteroatoms. The summed E-state index contributed by atoms with van der Waals surface area (Å²) < 4.78 is 18.7. The van der Waals surface area contributed by atoms with Crippen molar-refractivity contribution in [2.24, 2.45) is 5.73 Å². The fourth-order valence-corrected chi connectivity index (χ4v) is 2.08. The van der Waals surface area contributed by atoms with Crippen LogP contribution in [0.25, 0.3) is 0 Å². The molecule has 0 aromatic heterocycles. The zero-order chi connectivity index (χ0) is 15.4. The lowest BCUT2D eigenvalue weighted by molar-refractivity contribution is -0.144. The van der Waals surface area contributed by atoms with Crippen LogP contribution in [-0.4, -0.2) is 30.3 Å². The van der Waals surface area contributed by atoms with E-state index in [-0.39, 0.29) is 13.0 Å². The quantitative estimate of drug-likeness (QED) is 0.805. The number of nitrogens with two attached hydrogens (primary N) is 1. The summed E-state index contributed by atoms with van der Waals surface area (Å²) in [5.41, 5.74) is 4.36. The maximum atomic E-state index is 13.4. The summed E-state index contributed by atoms with van der Waals surface area (Å²) in [6.45, 7) is 3.66. The average molecular weight is 283 g/mol. The lowest BCUT2D eigenvalue weighted by atomic mass is 9.75. The van der Waals surface area contributed by atoms with E-state index in [9.17, 15) is 14.3 Å². The molecule has 3 N–H and O–H groups in total. The van der Waals surface area contributed by atoms with Crippen molar-refractivity contribution in [1.82, 2.24) is 0 Å². The van der Waals surface area contributed by atoms with Gasteiger partial charge in [-0.1, -0.05) is 12.1 Å². The lowest BCUT2D eigenvalue weighted by Crippen LogP contribution is -2.44. The van der Waals surface area contributed by atoms with Crippen molar-refractivity contribution in [2.75, 3.05) is 13.7 Å². The molecule has 0 spiro atoms. The summed E-state index contributed by atoms with van der Waals surface area (Å²) in [5, 5.41) is 9.59. The maximum absolute atomic E-state index is 13.4. The molecule has 0 aliphatic carbocycles. The number of benzene rings is 1. The normalized spacial score (nSPS) is 14.8. The van der Waals surface area contributed by atoms with E-state index in [2.05, 4.69) is 0 Å². The summed E-state index contributed by atoms with van der Waals surface area (Å²) in [6.07, 6.45) is 0.784. The molecular formula is C15H22FNO3. The van der Waals surface area contributed by atoms with E-state index in [1.807, 2.05) is 13.8 Å². The van der Waals surface area contributed by atoms with E-state index < -0.39 is 22.8 Å².